The Labute approximate surface area is 112 Å². The molecule has 0 rings (SSSR count). The molecule has 0 aromatic carbocycles. The molecular formula is C13H23BrO3. The number of esters is 1. The van der Waals surface area contributed by atoms with Crippen LogP contribution in [0.5, 0.6) is 0 Å². The van der Waals surface area contributed by atoms with Gasteiger partial charge in [-0.3, -0.25) is 9.59 Å². The van der Waals surface area contributed by atoms with E-state index in [9.17, 15) is 9.59 Å². The summed E-state index contributed by atoms with van der Waals surface area (Å²) in [7, 11) is 1.30. The lowest BCUT2D eigenvalue weighted by molar-refractivity contribution is -0.149. The molecule has 0 fully saturated rings. The van der Waals surface area contributed by atoms with Crippen LogP contribution in [0.3, 0.4) is 0 Å². The first-order valence-electron chi connectivity index (χ1n) is 6.17. The molecule has 0 spiro atoms. The maximum atomic E-state index is 12.1. The molecule has 0 unspecified atom stereocenters. The summed E-state index contributed by atoms with van der Waals surface area (Å²) >= 11 is 3.44. The van der Waals surface area contributed by atoms with Crippen molar-refractivity contribution in [2.75, 3.05) is 7.11 Å². The second-order valence-electron chi connectivity index (χ2n) is 4.62. The largest absolute Gasteiger partial charge is 0.468 e. The molecule has 17 heavy (non-hydrogen) atoms. The van der Waals surface area contributed by atoms with E-state index < -0.39 is 16.2 Å². The van der Waals surface area contributed by atoms with E-state index in [1.54, 1.807) is 6.92 Å². The zero-order chi connectivity index (χ0) is 13.5. The lowest BCUT2D eigenvalue weighted by Gasteiger charge is -2.23. The van der Waals surface area contributed by atoms with Crippen LogP contribution >= 0.6 is 15.9 Å². The van der Waals surface area contributed by atoms with Gasteiger partial charge in [-0.1, -0.05) is 48.5 Å². The Hall–Kier alpha value is -0.380. The summed E-state index contributed by atoms with van der Waals surface area (Å²) in [6.45, 7) is 5.58. The molecule has 0 radical (unpaired) electrons. The molecule has 0 aliphatic rings. The van der Waals surface area contributed by atoms with Crippen LogP contribution in [0, 0.1) is 5.92 Å². The fourth-order valence-electron chi connectivity index (χ4n) is 1.74. The smallest absolute Gasteiger partial charge is 0.315 e. The zero-order valence-electron chi connectivity index (χ0n) is 11.2. The van der Waals surface area contributed by atoms with E-state index in [0.717, 1.165) is 19.3 Å². The van der Waals surface area contributed by atoms with E-state index in [-0.39, 0.29) is 5.78 Å². The molecular weight excluding hydrogens is 284 g/mol. The Morgan fingerprint density at radius 3 is 2.35 bits per heavy atom. The summed E-state index contributed by atoms with van der Waals surface area (Å²) in [6.07, 6.45) is 5.23. The minimum atomic E-state index is -0.699. The van der Waals surface area contributed by atoms with E-state index >= 15 is 0 Å². The summed E-state index contributed by atoms with van der Waals surface area (Å²) in [5, 5.41) is 0. The summed E-state index contributed by atoms with van der Waals surface area (Å²) in [5.74, 6) is -1.26. The monoisotopic (exact) mass is 306 g/mol. The number of Topliss-reactive ketones (excluding diaryl/α,β-unsaturated/α-hetero) is 1. The number of ketones is 1. The van der Waals surface area contributed by atoms with Crippen LogP contribution in [-0.4, -0.2) is 23.2 Å². The Bertz CT molecular complexity index is 261. The first kappa shape index (κ1) is 16.6. The minimum absolute atomic E-state index is 0.0964. The first-order valence-corrected chi connectivity index (χ1v) is 6.97. The van der Waals surface area contributed by atoms with Gasteiger partial charge in [0.2, 0.25) is 0 Å². The maximum Gasteiger partial charge on any atom is 0.315 e. The number of ether oxygens (including phenoxy) is 1. The van der Waals surface area contributed by atoms with Gasteiger partial charge in [0.1, 0.15) is 5.92 Å². The minimum Gasteiger partial charge on any atom is -0.468 e. The normalized spacial score (nSPS) is 16.1. The lowest BCUT2D eigenvalue weighted by Crippen LogP contribution is -2.37. The van der Waals surface area contributed by atoms with Gasteiger partial charge in [0.15, 0.2) is 5.78 Å². The molecule has 3 nitrogen and oxygen atoms in total. The number of hydrogen-bond donors (Lipinski definition) is 0. The van der Waals surface area contributed by atoms with Crippen molar-refractivity contribution in [3.8, 4) is 0 Å². The maximum absolute atomic E-state index is 12.1. The highest BCUT2D eigenvalue weighted by atomic mass is 79.9. The number of hydrogen-bond acceptors (Lipinski definition) is 3. The molecule has 0 saturated heterocycles. The van der Waals surface area contributed by atoms with E-state index in [4.69, 9.17) is 0 Å². The van der Waals surface area contributed by atoms with E-state index in [1.165, 1.54) is 20.0 Å². The van der Waals surface area contributed by atoms with Crippen molar-refractivity contribution in [1.82, 2.24) is 0 Å². The third kappa shape index (κ3) is 5.66. The van der Waals surface area contributed by atoms with Crippen molar-refractivity contribution in [1.29, 1.82) is 0 Å². The Balaban J connectivity index is 4.28. The third-order valence-corrected chi connectivity index (χ3v) is 3.75. The standard InChI is InChI=1S/C13H23BrO3/c1-5-6-7-8-9-13(3,14)11(15)10(2)12(16)17-4/h10H,5-9H2,1-4H3/t10-,13+/m0/s1. The molecule has 0 N–H and O–H groups in total. The van der Waals surface area contributed by atoms with Crippen molar-refractivity contribution in [3.05, 3.63) is 0 Å². The molecule has 0 aromatic heterocycles. The number of carbonyl (C=O) groups excluding carboxylic acids is 2. The van der Waals surface area contributed by atoms with Crippen LogP contribution in [0.25, 0.3) is 0 Å². The molecule has 0 saturated carbocycles. The fourth-order valence-corrected chi connectivity index (χ4v) is 2.37. The molecule has 100 valence electrons. The number of rotatable bonds is 8. The predicted octanol–water partition coefficient (Wildman–Crippen LogP) is 3.49. The number of carbonyl (C=O) groups is 2. The van der Waals surface area contributed by atoms with Crippen LogP contribution < -0.4 is 0 Å². The summed E-state index contributed by atoms with van der Waals surface area (Å²) < 4.78 is 3.97. The molecule has 0 bridgehead atoms. The zero-order valence-corrected chi connectivity index (χ0v) is 12.8. The van der Waals surface area contributed by atoms with Gasteiger partial charge in [-0.25, -0.2) is 0 Å². The topological polar surface area (TPSA) is 43.4 Å². The van der Waals surface area contributed by atoms with Crippen LogP contribution in [-0.2, 0) is 14.3 Å². The van der Waals surface area contributed by atoms with Gasteiger partial charge in [0, 0.05) is 0 Å². The van der Waals surface area contributed by atoms with E-state index in [0.29, 0.717) is 0 Å². The fraction of sp³-hybridized carbons (Fsp3) is 0.846. The first-order chi connectivity index (χ1) is 7.86. The van der Waals surface area contributed by atoms with Crippen LogP contribution in [0.1, 0.15) is 52.9 Å². The molecule has 0 amide bonds. The average molecular weight is 307 g/mol. The van der Waals surface area contributed by atoms with Crippen molar-refractivity contribution in [2.24, 2.45) is 5.92 Å². The predicted molar refractivity (Wildman–Crippen MR) is 72.3 cm³/mol. The van der Waals surface area contributed by atoms with Crippen LogP contribution in [0.4, 0.5) is 0 Å². The molecule has 0 heterocycles. The Morgan fingerprint density at radius 2 is 1.88 bits per heavy atom. The van der Waals surface area contributed by atoms with Crippen LogP contribution in [0.2, 0.25) is 0 Å². The SMILES string of the molecule is CCCCCC[C@@](C)(Br)C(=O)[C@H](C)C(=O)OC. The molecule has 2 atom stereocenters. The third-order valence-electron chi connectivity index (χ3n) is 2.96. The van der Waals surface area contributed by atoms with Gasteiger partial charge in [-0.15, -0.1) is 0 Å². The quantitative estimate of drug-likeness (QED) is 0.298. The molecule has 0 aliphatic heterocycles. The van der Waals surface area contributed by atoms with Gasteiger partial charge in [-0.05, 0) is 20.3 Å². The summed E-state index contributed by atoms with van der Waals surface area (Å²) in [5.41, 5.74) is 0. The number of unbranched alkanes of at least 4 members (excludes halogenated alkanes) is 3. The van der Waals surface area contributed by atoms with Crippen LogP contribution in [0.15, 0.2) is 0 Å². The highest BCUT2D eigenvalue weighted by Crippen LogP contribution is 2.29. The molecule has 0 aromatic rings. The van der Waals surface area contributed by atoms with Gasteiger partial charge >= 0.3 is 5.97 Å². The molecule has 4 heteroatoms. The van der Waals surface area contributed by atoms with Crippen molar-refractivity contribution in [3.63, 3.8) is 0 Å². The lowest BCUT2D eigenvalue weighted by atomic mass is 9.91. The van der Waals surface area contributed by atoms with Crippen molar-refractivity contribution < 1.29 is 14.3 Å². The van der Waals surface area contributed by atoms with Gasteiger partial charge in [0.25, 0.3) is 0 Å². The highest BCUT2D eigenvalue weighted by molar-refractivity contribution is 9.10. The van der Waals surface area contributed by atoms with E-state index in [1.807, 2.05) is 6.92 Å². The summed E-state index contributed by atoms with van der Waals surface area (Å²) in [6, 6.07) is 0. The average Bonchev–Trinajstić information content (AvgIpc) is 2.31. The highest BCUT2D eigenvalue weighted by Gasteiger charge is 2.36. The van der Waals surface area contributed by atoms with Crippen molar-refractivity contribution >= 4 is 27.7 Å². The van der Waals surface area contributed by atoms with Gasteiger partial charge in [-0.2, -0.15) is 0 Å². The van der Waals surface area contributed by atoms with E-state index in [2.05, 4.69) is 27.6 Å². The second kappa shape index (κ2) is 7.85. The van der Waals surface area contributed by atoms with Crippen molar-refractivity contribution in [2.45, 2.75) is 57.2 Å². The Kier molecular flexibility index (Phi) is 7.68. The summed E-state index contributed by atoms with van der Waals surface area (Å²) in [4.78, 5) is 23.4. The molecule has 0 aliphatic carbocycles. The number of alkyl halides is 1. The number of methoxy groups -OCH3 is 1. The number of halogens is 1. The van der Waals surface area contributed by atoms with Gasteiger partial charge < -0.3 is 4.74 Å². The van der Waals surface area contributed by atoms with Gasteiger partial charge in [0.05, 0.1) is 11.4 Å². The Morgan fingerprint density at radius 1 is 1.29 bits per heavy atom. The second-order valence-corrected chi connectivity index (χ2v) is 6.37.